The fourth-order valence-electron chi connectivity index (χ4n) is 2.40. The van der Waals surface area contributed by atoms with Gasteiger partial charge in [-0.3, -0.25) is 4.90 Å². The summed E-state index contributed by atoms with van der Waals surface area (Å²) in [6.07, 6.45) is 0. The van der Waals surface area contributed by atoms with Crippen molar-refractivity contribution in [3.05, 3.63) is 29.3 Å². The molecule has 1 N–H and O–H groups in total. The summed E-state index contributed by atoms with van der Waals surface area (Å²) in [4.78, 5) is 4.73. The third-order valence-corrected chi connectivity index (χ3v) is 3.77. The van der Waals surface area contributed by atoms with E-state index in [1.54, 1.807) is 0 Å². The van der Waals surface area contributed by atoms with Crippen LogP contribution in [0.25, 0.3) is 0 Å². The Morgan fingerprint density at radius 2 is 1.84 bits per heavy atom. The number of hydrogen-bond donors (Lipinski definition) is 1. The third kappa shape index (κ3) is 3.71. The SMILES string of the molecule is CN(C)CCNc1ccc2c(c1)CN(C(C)(C)C)C2. The molecule has 0 amide bonds. The van der Waals surface area contributed by atoms with Crippen molar-refractivity contribution in [1.29, 1.82) is 0 Å². The van der Waals surface area contributed by atoms with Crippen LogP contribution in [0, 0.1) is 0 Å². The quantitative estimate of drug-likeness (QED) is 0.899. The number of benzene rings is 1. The highest BCUT2D eigenvalue weighted by atomic mass is 15.2. The predicted molar refractivity (Wildman–Crippen MR) is 82.5 cm³/mol. The maximum absolute atomic E-state index is 3.50. The number of nitrogens with one attached hydrogen (secondary N) is 1. The van der Waals surface area contributed by atoms with Crippen molar-refractivity contribution >= 4 is 5.69 Å². The first-order chi connectivity index (χ1) is 8.86. The summed E-state index contributed by atoms with van der Waals surface area (Å²) < 4.78 is 0. The van der Waals surface area contributed by atoms with E-state index in [1.165, 1.54) is 16.8 Å². The average Bonchev–Trinajstić information content (AvgIpc) is 2.71. The number of anilines is 1. The third-order valence-electron chi connectivity index (χ3n) is 3.77. The summed E-state index contributed by atoms with van der Waals surface area (Å²) in [5.41, 5.74) is 4.45. The Hall–Kier alpha value is -1.06. The van der Waals surface area contributed by atoms with Crippen molar-refractivity contribution in [1.82, 2.24) is 9.80 Å². The number of fused-ring (bicyclic) bond motifs is 1. The molecule has 1 aromatic rings. The van der Waals surface area contributed by atoms with Crippen molar-refractivity contribution in [2.24, 2.45) is 0 Å². The van der Waals surface area contributed by atoms with E-state index in [0.717, 1.165) is 26.2 Å². The lowest BCUT2D eigenvalue weighted by Gasteiger charge is -2.31. The molecule has 0 spiro atoms. The van der Waals surface area contributed by atoms with Crippen molar-refractivity contribution in [3.8, 4) is 0 Å². The highest BCUT2D eigenvalue weighted by molar-refractivity contribution is 5.50. The molecule has 3 nitrogen and oxygen atoms in total. The van der Waals surface area contributed by atoms with Gasteiger partial charge < -0.3 is 10.2 Å². The van der Waals surface area contributed by atoms with Crippen LogP contribution in [0.1, 0.15) is 31.9 Å². The van der Waals surface area contributed by atoms with Gasteiger partial charge in [-0.2, -0.15) is 0 Å². The van der Waals surface area contributed by atoms with Gasteiger partial charge in [-0.1, -0.05) is 6.07 Å². The molecule has 0 saturated heterocycles. The molecule has 0 atom stereocenters. The Labute approximate surface area is 117 Å². The molecule has 19 heavy (non-hydrogen) atoms. The number of likely N-dealkylation sites (N-methyl/N-ethyl adjacent to an activating group) is 1. The highest BCUT2D eigenvalue weighted by Gasteiger charge is 2.27. The Kier molecular flexibility index (Phi) is 4.16. The summed E-state index contributed by atoms with van der Waals surface area (Å²) in [5.74, 6) is 0. The van der Waals surface area contributed by atoms with Crippen LogP contribution in [0.4, 0.5) is 5.69 Å². The van der Waals surface area contributed by atoms with E-state index >= 15 is 0 Å². The average molecular weight is 261 g/mol. The standard InChI is InChI=1S/C16H27N3/c1-16(2,3)19-11-13-6-7-15(10-14(13)12-19)17-8-9-18(4)5/h6-7,10,17H,8-9,11-12H2,1-5H3. The molecule has 106 valence electrons. The summed E-state index contributed by atoms with van der Waals surface area (Å²) in [6, 6.07) is 6.80. The number of hydrogen-bond acceptors (Lipinski definition) is 3. The minimum Gasteiger partial charge on any atom is -0.384 e. The molecule has 2 rings (SSSR count). The lowest BCUT2D eigenvalue weighted by atomic mass is 10.1. The molecule has 0 bridgehead atoms. The van der Waals surface area contributed by atoms with Crippen LogP contribution in [-0.4, -0.2) is 42.5 Å². The first kappa shape index (κ1) is 14.4. The molecule has 0 saturated carbocycles. The Balaban J connectivity index is 1.99. The molecule has 1 aliphatic rings. The van der Waals surface area contributed by atoms with Gasteiger partial charge >= 0.3 is 0 Å². The monoisotopic (exact) mass is 261 g/mol. The molecule has 0 aliphatic carbocycles. The van der Waals surface area contributed by atoms with Crippen molar-refractivity contribution in [3.63, 3.8) is 0 Å². The molecule has 1 aromatic carbocycles. The van der Waals surface area contributed by atoms with Crippen LogP contribution in [0.3, 0.4) is 0 Å². The van der Waals surface area contributed by atoms with Crippen LogP contribution in [0.2, 0.25) is 0 Å². The Bertz CT molecular complexity index is 432. The van der Waals surface area contributed by atoms with E-state index < -0.39 is 0 Å². The van der Waals surface area contributed by atoms with Gasteiger partial charge in [0.05, 0.1) is 0 Å². The highest BCUT2D eigenvalue weighted by Crippen LogP contribution is 2.30. The van der Waals surface area contributed by atoms with Gasteiger partial charge in [-0.15, -0.1) is 0 Å². The van der Waals surface area contributed by atoms with Crippen LogP contribution in [0.5, 0.6) is 0 Å². The smallest absolute Gasteiger partial charge is 0.0344 e. The molecule has 0 fully saturated rings. The van der Waals surface area contributed by atoms with E-state index in [1.807, 2.05) is 0 Å². The van der Waals surface area contributed by atoms with E-state index in [0.29, 0.717) is 0 Å². The van der Waals surface area contributed by atoms with E-state index in [2.05, 4.69) is 68.2 Å². The lowest BCUT2D eigenvalue weighted by molar-refractivity contribution is 0.136. The number of rotatable bonds is 4. The van der Waals surface area contributed by atoms with Gasteiger partial charge in [0.2, 0.25) is 0 Å². The molecular formula is C16H27N3. The van der Waals surface area contributed by atoms with E-state index in [4.69, 9.17) is 0 Å². The Morgan fingerprint density at radius 3 is 2.47 bits per heavy atom. The normalized spacial score (nSPS) is 15.9. The zero-order valence-electron chi connectivity index (χ0n) is 13.0. The van der Waals surface area contributed by atoms with Crippen LogP contribution in [0.15, 0.2) is 18.2 Å². The largest absolute Gasteiger partial charge is 0.384 e. The van der Waals surface area contributed by atoms with Crippen LogP contribution < -0.4 is 5.32 Å². The minimum absolute atomic E-state index is 0.248. The van der Waals surface area contributed by atoms with Gasteiger partial charge in [0.1, 0.15) is 0 Å². The Morgan fingerprint density at radius 1 is 1.16 bits per heavy atom. The second kappa shape index (κ2) is 5.51. The van der Waals surface area contributed by atoms with Crippen LogP contribution >= 0.6 is 0 Å². The molecule has 1 heterocycles. The zero-order chi connectivity index (χ0) is 14.0. The molecular weight excluding hydrogens is 234 g/mol. The van der Waals surface area contributed by atoms with Crippen molar-refractivity contribution < 1.29 is 0 Å². The molecule has 0 aromatic heterocycles. The zero-order valence-corrected chi connectivity index (χ0v) is 13.0. The van der Waals surface area contributed by atoms with Gasteiger partial charge in [-0.25, -0.2) is 0 Å². The first-order valence-corrected chi connectivity index (χ1v) is 7.12. The van der Waals surface area contributed by atoms with Gasteiger partial charge in [0, 0.05) is 37.4 Å². The maximum atomic E-state index is 3.50. The fourth-order valence-corrected chi connectivity index (χ4v) is 2.40. The van der Waals surface area contributed by atoms with Crippen molar-refractivity contribution in [2.75, 3.05) is 32.5 Å². The molecule has 0 radical (unpaired) electrons. The lowest BCUT2D eigenvalue weighted by Crippen LogP contribution is -2.36. The maximum Gasteiger partial charge on any atom is 0.0344 e. The molecule has 0 unspecified atom stereocenters. The summed E-state index contributed by atoms with van der Waals surface area (Å²) in [7, 11) is 4.21. The number of nitrogens with zero attached hydrogens (tertiary/aromatic N) is 2. The topological polar surface area (TPSA) is 18.5 Å². The van der Waals surface area contributed by atoms with Gasteiger partial charge in [0.25, 0.3) is 0 Å². The summed E-state index contributed by atoms with van der Waals surface area (Å²) >= 11 is 0. The van der Waals surface area contributed by atoms with E-state index in [-0.39, 0.29) is 5.54 Å². The van der Waals surface area contributed by atoms with Crippen LogP contribution in [-0.2, 0) is 13.1 Å². The summed E-state index contributed by atoms with van der Waals surface area (Å²) in [5, 5.41) is 3.50. The predicted octanol–water partition coefficient (Wildman–Crippen LogP) is 2.77. The summed E-state index contributed by atoms with van der Waals surface area (Å²) in [6.45, 7) is 11.1. The second-order valence-electron chi connectivity index (χ2n) is 6.74. The molecule has 1 aliphatic heterocycles. The first-order valence-electron chi connectivity index (χ1n) is 7.12. The van der Waals surface area contributed by atoms with E-state index in [9.17, 15) is 0 Å². The minimum atomic E-state index is 0.248. The van der Waals surface area contributed by atoms with Crippen molar-refractivity contribution in [2.45, 2.75) is 39.4 Å². The van der Waals surface area contributed by atoms with Gasteiger partial charge in [0.15, 0.2) is 0 Å². The van der Waals surface area contributed by atoms with Gasteiger partial charge in [-0.05, 0) is 58.1 Å². The fraction of sp³-hybridized carbons (Fsp3) is 0.625. The molecule has 3 heteroatoms. The second-order valence-corrected chi connectivity index (χ2v) is 6.74.